The highest BCUT2D eigenvalue weighted by Gasteiger charge is 2.29. The maximum Gasteiger partial charge on any atom is 0.252 e. The molecule has 0 saturated heterocycles. The predicted octanol–water partition coefficient (Wildman–Crippen LogP) is 3.49. The summed E-state index contributed by atoms with van der Waals surface area (Å²) in [5, 5.41) is 8.60. The maximum absolute atomic E-state index is 12.4. The van der Waals surface area contributed by atoms with Gasteiger partial charge in [0.15, 0.2) is 16.6 Å². The fraction of sp³-hybridized carbons (Fsp3) is 0.333. The van der Waals surface area contributed by atoms with Crippen LogP contribution >= 0.6 is 23.7 Å². The first-order valence-electron chi connectivity index (χ1n) is 7.87. The van der Waals surface area contributed by atoms with Gasteiger partial charge in [-0.1, -0.05) is 0 Å². The van der Waals surface area contributed by atoms with E-state index in [1.807, 2.05) is 17.5 Å². The van der Waals surface area contributed by atoms with E-state index in [9.17, 15) is 4.79 Å². The third-order valence-electron chi connectivity index (χ3n) is 3.94. The largest absolute Gasteiger partial charge is 0.493 e. The summed E-state index contributed by atoms with van der Waals surface area (Å²) in [6.45, 7) is 4.19. The van der Waals surface area contributed by atoms with Crippen LogP contribution in [0.3, 0.4) is 0 Å². The van der Waals surface area contributed by atoms with E-state index in [1.54, 1.807) is 26.5 Å². The molecule has 1 amide bonds. The van der Waals surface area contributed by atoms with Crippen molar-refractivity contribution in [2.75, 3.05) is 19.5 Å². The molecule has 0 spiro atoms. The molecule has 1 aromatic heterocycles. The van der Waals surface area contributed by atoms with Crippen LogP contribution in [-0.4, -0.2) is 30.6 Å². The number of thiazole rings is 1. The van der Waals surface area contributed by atoms with E-state index in [4.69, 9.17) is 9.47 Å². The molecule has 26 heavy (non-hydrogen) atoms. The summed E-state index contributed by atoms with van der Waals surface area (Å²) in [7, 11) is 3.22. The average molecular weight is 396 g/mol. The summed E-state index contributed by atoms with van der Waals surface area (Å²) in [5.74, 6) is 1.09. The molecule has 8 heteroatoms. The van der Waals surface area contributed by atoms with Gasteiger partial charge < -0.3 is 14.8 Å². The number of amides is 1. The van der Waals surface area contributed by atoms with Crippen molar-refractivity contribution in [1.29, 1.82) is 0 Å². The molecule has 1 aromatic carbocycles. The molecule has 0 unspecified atom stereocenters. The van der Waals surface area contributed by atoms with Gasteiger partial charge in [-0.25, -0.2) is 4.98 Å². The van der Waals surface area contributed by atoms with E-state index in [0.29, 0.717) is 16.6 Å². The van der Waals surface area contributed by atoms with Crippen LogP contribution < -0.4 is 20.1 Å². The van der Waals surface area contributed by atoms with E-state index in [2.05, 4.69) is 29.5 Å². The predicted molar refractivity (Wildman–Crippen MR) is 106 cm³/mol. The Balaban J connectivity index is 0.00000243. The second kappa shape index (κ2) is 7.97. The lowest BCUT2D eigenvalue weighted by Crippen LogP contribution is -2.44. The highest BCUT2D eigenvalue weighted by molar-refractivity contribution is 7.13. The average Bonchev–Trinajstić information content (AvgIpc) is 3.05. The summed E-state index contributed by atoms with van der Waals surface area (Å²) in [5.41, 5.74) is 2.61. The first-order chi connectivity index (χ1) is 11.9. The molecule has 2 aromatic rings. The lowest BCUT2D eigenvalue weighted by Gasteiger charge is -2.36. The van der Waals surface area contributed by atoms with Gasteiger partial charge in [-0.3, -0.25) is 10.1 Å². The molecule has 2 N–H and O–H groups in total. The smallest absolute Gasteiger partial charge is 0.252 e. The van der Waals surface area contributed by atoms with Gasteiger partial charge in [0, 0.05) is 34.5 Å². The van der Waals surface area contributed by atoms with Crippen molar-refractivity contribution in [3.63, 3.8) is 0 Å². The lowest BCUT2D eigenvalue weighted by molar-refractivity contribution is -0.111. The first kappa shape index (κ1) is 20.1. The number of carbonyl (C=O) groups excluding carboxylic acids is 1. The number of nitrogens with one attached hydrogen (secondary N) is 2. The van der Waals surface area contributed by atoms with Crippen molar-refractivity contribution in [2.45, 2.75) is 25.8 Å². The Morgan fingerprint density at radius 2 is 2.00 bits per heavy atom. The quantitative estimate of drug-likeness (QED) is 0.775. The Kier molecular flexibility index (Phi) is 6.15. The van der Waals surface area contributed by atoms with Gasteiger partial charge in [0.1, 0.15) is 0 Å². The van der Waals surface area contributed by atoms with E-state index in [-0.39, 0.29) is 23.9 Å². The van der Waals surface area contributed by atoms with Gasteiger partial charge in [-0.2, -0.15) is 0 Å². The zero-order chi connectivity index (χ0) is 18.0. The molecule has 1 aliphatic rings. The number of halogens is 1. The second-order valence-corrected chi connectivity index (χ2v) is 7.33. The maximum atomic E-state index is 12.4. The summed E-state index contributed by atoms with van der Waals surface area (Å²) in [6.07, 6.45) is 4.03. The molecule has 0 bridgehead atoms. The second-order valence-electron chi connectivity index (χ2n) is 6.43. The number of methoxy groups -OCH3 is 2. The number of hydrogen-bond donors (Lipinski definition) is 2. The van der Waals surface area contributed by atoms with Crippen LogP contribution in [0.2, 0.25) is 0 Å². The van der Waals surface area contributed by atoms with Crippen molar-refractivity contribution in [1.82, 2.24) is 10.3 Å². The van der Waals surface area contributed by atoms with Crippen LogP contribution in [0.5, 0.6) is 11.5 Å². The summed E-state index contributed by atoms with van der Waals surface area (Å²) < 4.78 is 10.8. The number of rotatable bonds is 4. The zero-order valence-electron chi connectivity index (χ0n) is 15.1. The van der Waals surface area contributed by atoms with Crippen LogP contribution in [0.1, 0.15) is 25.0 Å². The van der Waals surface area contributed by atoms with E-state index >= 15 is 0 Å². The Morgan fingerprint density at radius 3 is 2.62 bits per heavy atom. The van der Waals surface area contributed by atoms with Crippen molar-refractivity contribution >= 4 is 40.5 Å². The van der Waals surface area contributed by atoms with Crippen LogP contribution in [0.4, 0.5) is 5.13 Å². The molecule has 3 rings (SSSR count). The lowest BCUT2D eigenvalue weighted by atomic mass is 9.85. The molecule has 2 heterocycles. The van der Waals surface area contributed by atoms with Crippen molar-refractivity contribution in [3.8, 4) is 11.5 Å². The summed E-state index contributed by atoms with van der Waals surface area (Å²) >= 11 is 1.38. The highest BCUT2D eigenvalue weighted by atomic mass is 35.5. The molecule has 140 valence electrons. The minimum absolute atomic E-state index is 0. The minimum Gasteiger partial charge on any atom is -0.493 e. The fourth-order valence-corrected chi connectivity index (χ4v) is 3.47. The number of aromatic nitrogens is 1. The number of benzene rings is 1. The molecule has 6 nitrogen and oxygen atoms in total. The molecular weight excluding hydrogens is 374 g/mol. The molecule has 0 saturated carbocycles. The van der Waals surface area contributed by atoms with Gasteiger partial charge in [-0.05, 0) is 38.0 Å². The summed E-state index contributed by atoms with van der Waals surface area (Å²) in [6, 6.07) is 3.88. The van der Waals surface area contributed by atoms with E-state index in [0.717, 1.165) is 23.2 Å². The Hall–Kier alpha value is -2.25. The van der Waals surface area contributed by atoms with E-state index in [1.165, 1.54) is 11.3 Å². The van der Waals surface area contributed by atoms with Crippen molar-refractivity contribution in [3.05, 3.63) is 40.9 Å². The van der Waals surface area contributed by atoms with Gasteiger partial charge in [0.25, 0.3) is 5.91 Å². The Bertz CT molecular complexity index is 819. The number of fused-ring (bicyclic) bond motifs is 1. The number of carbonyl (C=O) groups is 1. The molecule has 0 fully saturated rings. The first-order valence-corrected chi connectivity index (χ1v) is 8.75. The number of anilines is 1. The van der Waals surface area contributed by atoms with Crippen molar-refractivity contribution < 1.29 is 14.3 Å². The fourth-order valence-electron chi connectivity index (χ4n) is 2.94. The monoisotopic (exact) mass is 395 g/mol. The minimum atomic E-state index is -0.226. The third-order valence-corrected chi connectivity index (χ3v) is 4.63. The van der Waals surface area contributed by atoms with E-state index < -0.39 is 0 Å². The van der Waals surface area contributed by atoms with Crippen LogP contribution in [-0.2, 0) is 11.2 Å². The standard InChI is InChI=1S/C18H21N3O3S.ClH/c1-18(2)10-11-7-14(23-3)15(24-4)8-12(11)13(21-18)9-16(22)20-17-19-5-6-25-17;/h5-9,21H,10H2,1-4H3,(H,19,20,22);1H/b13-9-;. The van der Waals surface area contributed by atoms with Crippen LogP contribution in [0, 0.1) is 0 Å². The van der Waals surface area contributed by atoms with Gasteiger partial charge in [-0.15, -0.1) is 23.7 Å². The van der Waals surface area contributed by atoms with Gasteiger partial charge in [0.05, 0.1) is 14.2 Å². The van der Waals surface area contributed by atoms with Crippen LogP contribution in [0.15, 0.2) is 29.8 Å². The third kappa shape index (κ3) is 4.28. The topological polar surface area (TPSA) is 72.5 Å². The Labute approximate surface area is 163 Å². The Morgan fingerprint density at radius 1 is 1.31 bits per heavy atom. The number of nitrogens with zero attached hydrogens (tertiary/aromatic N) is 1. The summed E-state index contributed by atoms with van der Waals surface area (Å²) in [4.78, 5) is 16.4. The highest BCUT2D eigenvalue weighted by Crippen LogP contribution is 2.37. The zero-order valence-corrected chi connectivity index (χ0v) is 16.7. The van der Waals surface area contributed by atoms with Crippen LogP contribution in [0.25, 0.3) is 5.70 Å². The van der Waals surface area contributed by atoms with Gasteiger partial charge in [0.2, 0.25) is 0 Å². The molecule has 0 atom stereocenters. The van der Waals surface area contributed by atoms with Gasteiger partial charge >= 0.3 is 0 Å². The molecule has 1 aliphatic heterocycles. The molecular formula is C18H22ClN3O3S. The normalized spacial score (nSPS) is 16.1. The molecule has 0 radical (unpaired) electrons. The van der Waals surface area contributed by atoms with Crippen molar-refractivity contribution in [2.24, 2.45) is 0 Å². The molecule has 0 aliphatic carbocycles. The number of hydrogen-bond acceptors (Lipinski definition) is 6. The number of ether oxygens (including phenoxy) is 2. The SMILES string of the molecule is COc1cc2c(cc1OC)/C(=C/C(=O)Nc1nccs1)NC(C)(C)C2.Cl.